The van der Waals surface area contributed by atoms with Crippen LogP contribution in [0.2, 0.25) is 0 Å². The Labute approximate surface area is 113 Å². The minimum Gasteiger partial charge on any atom is -0.404 e. The zero-order valence-electron chi connectivity index (χ0n) is 10.9. The Balaban J connectivity index is 2.21. The quantitative estimate of drug-likeness (QED) is 0.779. The van der Waals surface area contributed by atoms with Crippen LogP contribution in [0.5, 0.6) is 11.5 Å². The van der Waals surface area contributed by atoms with Crippen LogP contribution >= 0.6 is 7.75 Å². The van der Waals surface area contributed by atoms with Gasteiger partial charge in [-0.1, -0.05) is 36.4 Å². The predicted molar refractivity (Wildman–Crippen MR) is 75.4 cm³/mol. The lowest BCUT2D eigenvalue weighted by molar-refractivity contribution is 0.325. The van der Waals surface area contributed by atoms with Gasteiger partial charge in [-0.3, -0.25) is 0 Å². The van der Waals surface area contributed by atoms with Gasteiger partial charge in [-0.15, -0.1) is 0 Å². The topological polar surface area (TPSA) is 38.8 Å². The van der Waals surface area contributed by atoms with Crippen molar-refractivity contribution >= 4 is 7.75 Å². The summed E-state index contributed by atoms with van der Waals surface area (Å²) in [6.07, 6.45) is 0. The molecule has 0 radical (unpaired) electrons. The molecule has 0 aliphatic carbocycles. The number of para-hydroxylation sites is 2. The van der Waals surface area contributed by atoms with Crippen molar-refractivity contribution in [3.8, 4) is 11.5 Å². The lowest BCUT2D eigenvalue weighted by atomic mass is 10.3. The fourth-order valence-electron chi connectivity index (χ4n) is 1.41. The predicted octanol–water partition coefficient (Wildman–Crippen LogP) is 3.81. The highest BCUT2D eigenvalue weighted by molar-refractivity contribution is 7.52. The molecule has 5 heteroatoms. The maximum absolute atomic E-state index is 12.7. The van der Waals surface area contributed by atoms with Crippen molar-refractivity contribution in [2.45, 2.75) is 0 Å². The Hall–Kier alpha value is -1.77. The SMILES string of the molecule is CN(C)P(=O)(Oc1ccccc1)Oc1ccccc1. The normalized spacial score (nSPS) is 11.3. The number of rotatable bonds is 5. The molecule has 0 saturated carbocycles. The first kappa shape index (κ1) is 13.7. The lowest BCUT2D eigenvalue weighted by Crippen LogP contribution is -2.17. The van der Waals surface area contributed by atoms with E-state index in [4.69, 9.17) is 9.05 Å². The molecule has 0 unspecified atom stereocenters. The summed E-state index contributed by atoms with van der Waals surface area (Å²) in [5.41, 5.74) is 0. The third-order valence-electron chi connectivity index (χ3n) is 2.42. The van der Waals surface area contributed by atoms with Crippen LogP contribution in [0.15, 0.2) is 60.7 Å². The van der Waals surface area contributed by atoms with Gasteiger partial charge in [0.2, 0.25) is 0 Å². The molecule has 2 aromatic carbocycles. The molecule has 0 saturated heterocycles. The fourth-order valence-corrected chi connectivity index (χ4v) is 2.55. The van der Waals surface area contributed by atoms with Crippen molar-refractivity contribution in [1.29, 1.82) is 0 Å². The van der Waals surface area contributed by atoms with Crippen LogP contribution in [0.4, 0.5) is 0 Å². The highest BCUT2D eigenvalue weighted by Crippen LogP contribution is 2.49. The van der Waals surface area contributed by atoms with Gasteiger partial charge < -0.3 is 9.05 Å². The van der Waals surface area contributed by atoms with Crippen LogP contribution in [-0.4, -0.2) is 18.8 Å². The number of benzene rings is 2. The van der Waals surface area contributed by atoms with Gasteiger partial charge in [-0.05, 0) is 38.4 Å². The van der Waals surface area contributed by atoms with Crippen LogP contribution in [-0.2, 0) is 4.57 Å². The zero-order chi connectivity index (χ0) is 13.7. The molecule has 2 rings (SSSR count). The maximum atomic E-state index is 12.7. The standard InChI is InChI=1S/C14H16NO3P/c1-15(2)19(16,17-13-9-5-3-6-10-13)18-14-11-7-4-8-12-14/h3-12H,1-2H3. The Bertz CT molecular complexity index is 512. The summed E-state index contributed by atoms with van der Waals surface area (Å²) in [5, 5.41) is 0. The smallest absolute Gasteiger partial charge is 0.404 e. The lowest BCUT2D eigenvalue weighted by Gasteiger charge is -2.24. The van der Waals surface area contributed by atoms with Crippen molar-refractivity contribution in [1.82, 2.24) is 4.67 Å². The van der Waals surface area contributed by atoms with Gasteiger partial charge in [0.25, 0.3) is 0 Å². The molecular formula is C14H16NO3P. The zero-order valence-corrected chi connectivity index (χ0v) is 11.8. The Kier molecular flexibility index (Phi) is 4.25. The molecule has 19 heavy (non-hydrogen) atoms. The summed E-state index contributed by atoms with van der Waals surface area (Å²) >= 11 is 0. The van der Waals surface area contributed by atoms with Crippen LogP contribution in [0.25, 0.3) is 0 Å². The van der Waals surface area contributed by atoms with E-state index in [1.54, 1.807) is 38.4 Å². The molecule has 4 nitrogen and oxygen atoms in total. The molecule has 2 aromatic rings. The first-order chi connectivity index (χ1) is 9.10. The minimum absolute atomic E-state index is 0.510. The largest absolute Gasteiger partial charge is 0.515 e. The summed E-state index contributed by atoms with van der Waals surface area (Å²) in [7, 11) is -0.0830. The van der Waals surface area contributed by atoms with Gasteiger partial charge >= 0.3 is 7.75 Å². The van der Waals surface area contributed by atoms with Gasteiger partial charge in [0, 0.05) is 0 Å². The Morgan fingerprint density at radius 2 is 1.16 bits per heavy atom. The molecule has 0 fully saturated rings. The average molecular weight is 277 g/mol. The van der Waals surface area contributed by atoms with Crippen molar-refractivity contribution < 1.29 is 13.6 Å². The molecule has 0 aromatic heterocycles. The van der Waals surface area contributed by atoms with Gasteiger partial charge in [0.15, 0.2) is 0 Å². The molecule has 0 spiro atoms. The van der Waals surface area contributed by atoms with E-state index < -0.39 is 7.75 Å². The van der Waals surface area contributed by atoms with Gasteiger partial charge in [-0.25, -0.2) is 4.57 Å². The summed E-state index contributed by atoms with van der Waals surface area (Å²) in [5.74, 6) is 1.02. The fraction of sp³-hybridized carbons (Fsp3) is 0.143. The maximum Gasteiger partial charge on any atom is 0.515 e. The van der Waals surface area contributed by atoms with Gasteiger partial charge in [0.1, 0.15) is 11.5 Å². The second kappa shape index (κ2) is 5.91. The third-order valence-corrected chi connectivity index (χ3v) is 4.28. The number of hydrogen-bond acceptors (Lipinski definition) is 3. The summed E-state index contributed by atoms with van der Waals surface area (Å²) < 4.78 is 25.2. The average Bonchev–Trinajstić information content (AvgIpc) is 2.40. The van der Waals surface area contributed by atoms with E-state index in [9.17, 15) is 4.57 Å². The van der Waals surface area contributed by atoms with E-state index in [2.05, 4.69) is 0 Å². The molecule has 0 bridgehead atoms. The molecule has 0 aliphatic rings. The van der Waals surface area contributed by atoms with Gasteiger partial charge in [-0.2, -0.15) is 4.67 Å². The van der Waals surface area contributed by atoms with E-state index >= 15 is 0 Å². The molecule has 0 aliphatic heterocycles. The van der Waals surface area contributed by atoms with Crippen LogP contribution < -0.4 is 9.05 Å². The van der Waals surface area contributed by atoms with Crippen molar-refractivity contribution in [3.05, 3.63) is 60.7 Å². The van der Waals surface area contributed by atoms with Crippen LogP contribution in [0, 0.1) is 0 Å². The molecule has 0 N–H and O–H groups in total. The van der Waals surface area contributed by atoms with Gasteiger partial charge in [0.05, 0.1) is 0 Å². The van der Waals surface area contributed by atoms with Crippen molar-refractivity contribution in [2.75, 3.05) is 14.1 Å². The van der Waals surface area contributed by atoms with Crippen LogP contribution in [0.1, 0.15) is 0 Å². The van der Waals surface area contributed by atoms with E-state index in [1.807, 2.05) is 36.4 Å². The van der Waals surface area contributed by atoms with Crippen molar-refractivity contribution in [3.63, 3.8) is 0 Å². The van der Waals surface area contributed by atoms with Crippen molar-refractivity contribution in [2.24, 2.45) is 0 Å². The molecular weight excluding hydrogens is 261 g/mol. The van der Waals surface area contributed by atoms with E-state index in [0.29, 0.717) is 11.5 Å². The molecule has 0 amide bonds. The Morgan fingerprint density at radius 3 is 1.47 bits per heavy atom. The van der Waals surface area contributed by atoms with E-state index in [1.165, 1.54) is 4.67 Å². The first-order valence-electron chi connectivity index (χ1n) is 5.87. The summed E-state index contributed by atoms with van der Waals surface area (Å²) in [6.45, 7) is 0. The second-order valence-corrected chi connectivity index (χ2v) is 6.23. The monoisotopic (exact) mass is 277 g/mol. The number of hydrogen-bond donors (Lipinski definition) is 0. The summed E-state index contributed by atoms with van der Waals surface area (Å²) in [4.78, 5) is 0. The molecule has 0 heterocycles. The first-order valence-corrected chi connectivity index (χ1v) is 7.37. The highest BCUT2D eigenvalue weighted by atomic mass is 31.2. The minimum atomic E-state index is -3.40. The second-order valence-electron chi connectivity index (χ2n) is 4.12. The third kappa shape index (κ3) is 3.60. The molecule has 100 valence electrons. The highest BCUT2D eigenvalue weighted by Gasteiger charge is 2.31. The van der Waals surface area contributed by atoms with Crippen LogP contribution in [0.3, 0.4) is 0 Å². The number of nitrogens with zero attached hydrogens (tertiary/aromatic N) is 1. The molecule has 0 atom stereocenters. The van der Waals surface area contributed by atoms with E-state index in [0.717, 1.165) is 0 Å². The van der Waals surface area contributed by atoms with E-state index in [-0.39, 0.29) is 0 Å². The Morgan fingerprint density at radius 1 is 0.789 bits per heavy atom. The summed E-state index contributed by atoms with van der Waals surface area (Å²) in [6, 6.07) is 18.0.